The normalized spacial score (nSPS) is 15.8. The van der Waals surface area contributed by atoms with Gasteiger partial charge in [0.1, 0.15) is 0 Å². The number of para-hydroxylation sites is 1. The third kappa shape index (κ3) is 2.79. The van der Waals surface area contributed by atoms with Crippen molar-refractivity contribution in [3.05, 3.63) is 29.3 Å². The molecule has 1 aromatic carbocycles. The van der Waals surface area contributed by atoms with E-state index in [0.29, 0.717) is 5.92 Å². The van der Waals surface area contributed by atoms with E-state index in [4.69, 9.17) is 0 Å². The minimum absolute atomic E-state index is 0.173. The van der Waals surface area contributed by atoms with Crippen LogP contribution in [-0.4, -0.2) is 24.3 Å². The lowest BCUT2D eigenvalue weighted by Gasteiger charge is -2.20. The summed E-state index contributed by atoms with van der Waals surface area (Å²) in [6.07, 6.45) is 1.12. The van der Waals surface area contributed by atoms with Gasteiger partial charge in [0.25, 0.3) is 0 Å². The molecule has 0 aromatic heterocycles. The summed E-state index contributed by atoms with van der Waals surface area (Å²) in [5, 5.41) is 16.2. The molecule has 0 aliphatic carbocycles. The lowest BCUT2D eigenvalue weighted by molar-refractivity contribution is 0.210. The van der Waals surface area contributed by atoms with Crippen LogP contribution in [-0.2, 0) is 13.0 Å². The fraction of sp³-hybridized carbons (Fsp3) is 0.571. The van der Waals surface area contributed by atoms with E-state index in [1.54, 1.807) is 0 Å². The minimum atomic E-state index is 0.173. The van der Waals surface area contributed by atoms with E-state index < -0.39 is 0 Å². The highest BCUT2D eigenvalue weighted by Crippen LogP contribution is 2.26. The molecule has 0 fully saturated rings. The molecule has 3 nitrogen and oxygen atoms in total. The maximum atomic E-state index is 9.29. The van der Waals surface area contributed by atoms with Crippen molar-refractivity contribution in [1.82, 2.24) is 5.32 Å². The summed E-state index contributed by atoms with van der Waals surface area (Å²) in [7, 11) is 0. The molecule has 0 spiro atoms. The number of aliphatic hydroxyl groups excluding tert-OH is 1. The molecule has 0 bridgehead atoms. The monoisotopic (exact) mass is 234 g/mol. The molecule has 2 rings (SSSR count). The van der Waals surface area contributed by atoms with Crippen LogP contribution in [0.1, 0.15) is 25.0 Å². The Balaban J connectivity index is 2.02. The third-order valence-electron chi connectivity index (χ3n) is 3.49. The average Bonchev–Trinajstić information content (AvgIpc) is 2.78. The lowest BCUT2D eigenvalue weighted by Crippen LogP contribution is -2.36. The highest BCUT2D eigenvalue weighted by molar-refractivity contribution is 5.61. The van der Waals surface area contributed by atoms with Gasteiger partial charge in [0.05, 0.1) is 6.61 Å². The molecule has 1 atom stereocenters. The van der Waals surface area contributed by atoms with Gasteiger partial charge in [-0.1, -0.05) is 32.0 Å². The van der Waals surface area contributed by atoms with Gasteiger partial charge in [-0.2, -0.15) is 0 Å². The van der Waals surface area contributed by atoms with Crippen LogP contribution in [0.3, 0.4) is 0 Å². The summed E-state index contributed by atoms with van der Waals surface area (Å²) < 4.78 is 0. The molecule has 3 N–H and O–H groups in total. The van der Waals surface area contributed by atoms with Crippen LogP contribution in [0.25, 0.3) is 0 Å². The van der Waals surface area contributed by atoms with Crippen LogP contribution in [0.2, 0.25) is 0 Å². The first-order valence-electron chi connectivity index (χ1n) is 6.41. The predicted octanol–water partition coefficient (Wildman–Crippen LogP) is 1.76. The standard InChI is InChI=1S/C14H22N2O/c1-10(2)13(9-17)16-8-12-5-3-4-11-6-7-15-14(11)12/h3-5,10,13,15-17H,6-9H2,1-2H3/t13-/m1/s1. The molecule has 1 aliphatic rings. The van der Waals surface area contributed by atoms with Crippen LogP contribution in [0.4, 0.5) is 5.69 Å². The topological polar surface area (TPSA) is 44.3 Å². The van der Waals surface area contributed by atoms with Crippen molar-refractivity contribution >= 4 is 5.69 Å². The molecule has 94 valence electrons. The van der Waals surface area contributed by atoms with E-state index in [-0.39, 0.29) is 12.6 Å². The van der Waals surface area contributed by atoms with E-state index in [2.05, 4.69) is 42.7 Å². The predicted molar refractivity (Wildman–Crippen MR) is 71.2 cm³/mol. The molecular formula is C14H22N2O. The first-order chi connectivity index (χ1) is 8.22. The Bertz CT molecular complexity index is 376. The Labute approximate surface area is 103 Å². The lowest BCUT2D eigenvalue weighted by atomic mass is 10.0. The zero-order valence-corrected chi connectivity index (χ0v) is 10.7. The number of rotatable bonds is 5. The molecule has 0 amide bonds. The molecule has 0 radical (unpaired) electrons. The second-order valence-electron chi connectivity index (χ2n) is 5.04. The van der Waals surface area contributed by atoms with Gasteiger partial charge >= 0.3 is 0 Å². The van der Waals surface area contributed by atoms with Crippen LogP contribution in [0.15, 0.2) is 18.2 Å². The number of hydrogen-bond donors (Lipinski definition) is 3. The van der Waals surface area contributed by atoms with Crippen molar-refractivity contribution in [1.29, 1.82) is 0 Å². The molecule has 17 heavy (non-hydrogen) atoms. The van der Waals surface area contributed by atoms with Crippen molar-refractivity contribution in [2.24, 2.45) is 5.92 Å². The maximum Gasteiger partial charge on any atom is 0.0587 e. The maximum absolute atomic E-state index is 9.29. The fourth-order valence-electron chi connectivity index (χ4n) is 2.31. The van der Waals surface area contributed by atoms with Gasteiger partial charge in [-0.25, -0.2) is 0 Å². The number of hydrogen-bond acceptors (Lipinski definition) is 3. The van der Waals surface area contributed by atoms with Crippen LogP contribution >= 0.6 is 0 Å². The molecular weight excluding hydrogens is 212 g/mol. The smallest absolute Gasteiger partial charge is 0.0587 e. The zero-order chi connectivity index (χ0) is 12.3. The summed E-state index contributed by atoms with van der Waals surface area (Å²) in [6.45, 7) is 6.31. The molecule has 1 aromatic rings. The zero-order valence-electron chi connectivity index (χ0n) is 10.7. The number of aliphatic hydroxyl groups is 1. The number of nitrogens with one attached hydrogen (secondary N) is 2. The van der Waals surface area contributed by atoms with Gasteiger partial charge in [-0.3, -0.25) is 0 Å². The Hall–Kier alpha value is -1.06. The fourth-order valence-corrected chi connectivity index (χ4v) is 2.31. The Kier molecular flexibility index (Phi) is 4.02. The summed E-state index contributed by atoms with van der Waals surface area (Å²) in [5.74, 6) is 0.449. The van der Waals surface area contributed by atoms with Crippen molar-refractivity contribution in [2.45, 2.75) is 32.9 Å². The van der Waals surface area contributed by atoms with Crippen molar-refractivity contribution in [3.63, 3.8) is 0 Å². The largest absolute Gasteiger partial charge is 0.395 e. The second kappa shape index (κ2) is 5.52. The first-order valence-corrected chi connectivity index (χ1v) is 6.41. The van der Waals surface area contributed by atoms with E-state index in [9.17, 15) is 5.11 Å². The second-order valence-corrected chi connectivity index (χ2v) is 5.04. The molecule has 0 saturated heterocycles. The van der Waals surface area contributed by atoms with E-state index in [1.807, 2.05) is 0 Å². The quantitative estimate of drug-likeness (QED) is 0.727. The number of benzene rings is 1. The van der Waals surface area contributed by atoms with Crippen LogP contribution < -0.4 is 10.6 Å². The van der Waals surface area contributed by atoms with Crippen molar-refractivity contribution < 1.29 is 5.11 Å². The molecule has 3 heteroatoms. The van der Waals surface area contributed by atoms with Crippen molar-refractivity contribution in [2.75, 3.05) is 18.5 Å². The van der Waals surface area contributed by atoms with Crippen LogP contribution in [0, 0.1) is 5.92 Å². The average molecular weight is 234 g/mol. The summed E-state index contributed by atoms with van der Waals surface area (Å²) >= 11 is 0. The number of anilines is 1. The first kappa shape index (κ1) is 12.4. The minimum Gasteiger partial charge on any atom is -0.395 e. The highest BCUT2D eigenvalue weighted by atomic mass is 16.3. The Morgan fingerprint density at radius 1 is 1.41 bits per heavy atom. The van der Waals surface area contributed by atoms with E-state index in [1.165, 1.54) is 16.8 Å². The highest BCUT2D eigenvalue weighted by Gasteiger charge is 2.15. The summed E-state index contributed by atoms with van der Waals surface area (Å²) in [5.41, 5.74) is 4.01. The Morgan fingerprint density at radius 3 is 2.94 bits per heavy atom. The summed E-state index contributed by atoms with van der Waals surface area (Å²) in [6, 6.07) is 6.63. The van der Waals surface area contributed by atoms with Gasteiger partial charge in [-0.15, -0.1) is 0 Å². The Morgan fingerprint density at radius 2 is 2.24 bits per heavy atom. The molecule has 0 unspecified atom stereocenters. The van der Waals surface area contributed by atoms with Gasteiger partial charge < -0.3 is 15.7 Å². The third-order valence-corrected chi connectivity index (χ3v) is 3.49. The molecule has 1 aliphatic heterocycles. The van der Waals surface area contributed by atoms with E-state index in [0.717, 1.165) is 19.5 Å². The van der Waals surface area contributed by atoms with Crippen LogP contribution in [0.5, 0.6) is 0 Å². The van der Waals surface area contributed by atoms with Gasteiger partial charge in [0.15, 0.2) is 0 Å². The molecule has 1 heterocycles. The van der Waals surface area contributed by atoms with Gasteiger partial charge in [0, 0.05) is 24.8 Å². The SMILES string of the molecule is CC(C)[C@@H](CO)NCc1cccc2c1NCC2. The van der Waals surface area contributed by atoms with Crippen molar-refractivity contribution in [3.8, 4) is 0 Å². The summed E-state index contributed by atoms with van der Waals surface area (Å²) in [4.78, 5) is 0. The van der Waals surface area contributed by atoms with Gasteiger partial charge in [-0.05, 0) is 23.5 Å². The van der Waals surface area contributed by atoms with Gasteiger partial charge in [0.2, 0.25) is 0 Å². The van der Waals surface area contributed by atoms with E-state index >= 15 is 0 Å². The molecule has 0 saturated carbocycles. The number of fused-ring (bicyclic) bond motifs is 1.